The average molecular weight is 477 g/mol. The molecular formula is C29H28N6O. The second-order valence-corrected chi connectivity index (χ2v) is 9.71. The van der Waals surface area contributed by atoms with E-state index < -0.39 is 6.04 Å². The van der Waals surface area contributed by atoms with Crippen LogP contribution in [0.3, 0.4) is 0 Å². The van der Waals surface area contributed by atoms with E-state index in [0.717, 1.165) is 39.7 Å². The van der Waals surface area contributed by atoms with E-state index in [4.69, 9.17) is 0 Å². The fraction of sp³-hybridized carbons (Fsp3) is 0.241. The van der Waals surface area contributed by atoms with Gasteiger partial charge in [-0.15, -0.1) is 5.10 Å². The van der Waals surface area contributed by atoms with E-state index in [-0.39, 0.29) is 11.6 Å². The van der Waals surface area contributed by atoms with Gasteiger partial charge in [-0.05, 0) is 72.0 Å². The molecule has 180 valence electrons. The van der Waals surface area contributed by atoms with Crippen LogP contribution in [-0.2, 0) is 13.0 Å². The summed E-state index contributed by atoms with van der Waals surface area (Å²) in [6.07, 6.45) is 0.899. The second kappa shape index (κ2) is 8.75. The molecule has 0 spiro atoms. The molecule has 0 aliphatic carbocycles. The number of tetrazole rings is 1. The number of rotatable bonds is 5. The molecule has 0 saturated carbocycles. The van der Waals surface area contributed by atoms with Crippen LogP contribution in [0, 0.1) is 13.8 Å². The molecule has 7 heteroatoms. The van der Waals surface area contributed by atoms with Crippen molar-refractivity contribution in [3.63, 3.8) is 0 Å². The summed E-state index contributed by atoms with van der Waals surface area (Å²) >= 11 is 0. The molecule has 0 unspecified atom stereocenters. The average Bonchev–Trinajstić information content (AvgIpc) is 3.47. The number of aromatic amines is 1. The Hall–Kier alpha value is -4.26. The highest BCUT2D eigenvalue weighted by Gasteiger charge is 2.38. The number of nitrogens with one attached hydrogen (secondary N) is 1. The minimum Gasteiger partial charge on any atom is -0.354 e. The lowest BCUT2D eigenvalue weighted by molar-refractivity contribution is 0.544. The van der Waals surface area contributed by atoms with E-state index in [0.29, 0.717) is 17.9 Å². The molecule has 3 aromatic carbocycles. The molecule has 1 aliphatic heterocycles. The SMILES string of the molecule is Cc1ccc(C)c2[nH]c(=O)c([C@H](c3nnnn3Cc3ccccc3)N3c4ccccc4C[C@H]3C)cc12. The second-order valence-electron chi connectivity index (χ2n) is 9.71. The van der Waals surface area contributed by atoms with Gasteiger partial charge in [0.05, 0.1) is 12.1 Å². The monoisotopic (exact) mass is 476 g/mol. The van der Waals surface area contributed by atoms with Crippen LogP contribution in [0.25, 0.3) is 10.9 Å². The van der Waals surface area contributed by atoms with Crippen molar-refractivity contribution < 1.29 is 0 Å². The number of hydrogen-bond acceptors (Lipinski definition) is 5. The summed E-state index contributed by atoms with van der Waals surface area (Å²) in [4.78, 5) is 19.2. The number of nitrogens with zero attached hydrogens (tertiary/aromatic N) is 5. The number of para-hydroxylation sites is 1. The number of pyridine rings is 1. The fourth-order valence-corrected chi connectivity index (χ4v) is 5.47. The third-order valence-corrected chi connectivity index (χ3v) is 7.28. The first-order valence-electron chi connectivity index (χ1n) is 12.3. The Labute approximate surface area is 209 Å². The summed E-state index contributed by atoms with van der Waals surface area (Å²) in [5.74, 6) is 0.651. The van der Waals surface area contributed by atoms with E-state index in [1.165, 1.54) is 5.56 Å². The normalized spacial score (nSPS) is 15.9. The van der Waals surface area contributed by atoms with Gasteiger partial charge >= 0.3 is 0 Å². The minimum atomic E-state index is -0.449. The third kappa shape index (κ3) is 3.68. The van der Waals surface area contributed by atoms with Crippen LogP contribution in [-0.4, -0.2) is 31.2 Å². The highest BCUT2D eigenvalue weighted by atomic mass is 16.1. The Morgan fingerprint density at radius 1 is 1.00 bits per heavy atom. The Kier molecular flexibility index (Phi) is 5.40. The lowest BCUT2D eigenvalue weighted by Crippen LogP contribution is -2.39. The van der Waals surface area contributed by atoms with Crippen molar-refractivity contribution in [2.45, 2.75) is 45.8 Å². The predicted octanol–water partition coefficient (Wildman–Crippen LogP) is 4.72. The zero-order valence-electron chi connectivity index (χ0n) is 20.6. The molecule has 3 heterocycles. The van der Waals surface area contributed by atoms with Crippen LogP contribution in [0.15, 0.2) is 77.6 Å². The van der Waals surface area contributed by atoms with Crippen molar-refractivity contribution in [3.8, 4) is 0 Å². The molecule has 0 saturated heterocycles. The van der Waals surface area contributed by atoms with Gasteiger partial charge in [-0.2, -0.15) is 0 Å². The van der Waals surface area contributed by atoms with Gasteiger partial charge in [0.15, 0.2) is 5.82 Å². The van der Waals surface area contributed by atoms with Crippen LogP contribution in [0.5, 0.6) is 0 Å². The molecule has 7 nitrogen and oxygen atoms in total. The van der Waals surface area contributed by atoms with Crippen LogP contribution < -0.4 is 10.5 Å². The highest BCUT2D eigenvalue weighted by Crippen LogP contribution is 2.41. The summed E-state index contributed by atoms with van der Waals surface area (Å²) < 4.78 is 1.82. The lowest BCUT2D eigenvalue weighted by atomic mass is 9.99. The van der Waals surface area contributed by atoms with Crippen LogP contribution in [0.4, 0.5) is 5.69 Å². The molecular weight excluding hydrogens is 448 g/mol. The van der Waals surface area contributed by atoms with Gasteiger partial charge in [0.2, 0.25) is 0 Å². The first-order chi connectivity index (χ1) is 17.5. The Bertz CT molecular complexity index is 1620. The molecule has 36 heavy (non-hydrogen) atoms. The standard InChI is InChI=1S/C29H28N6O/c1-18-13-14-19(2)26-23(18)16-24(29(36)30-26)27(35-20(3)15-22-11-7-8-12-25(22)35)28-31-32-33-34(28)17-21-9-5-4-6-10-21/h4-14,16,20,27H,15,17H2,1-3H3,(H,30,36)/t20-,27-/m1/s1. The third-order valence-electron chi connectivity index (χ3n) is 7.28. The van der Waals surface area contributed by atoms with Gasteiger partial charge in [0.25, 0.3) is 5.56 Å². The smallest absolute Gasteiger partial charge is 0.254 e. The molecule has 2 aromatic heterocycles. The number of aryl methyl sites for hydroxylation is 2. The number of fused-ring (bicyclic) bond motifs is 2. The van der Waals surface area contributed by atoms with E-state index in [9.17, 15) is 4.79 Å². The van der Waals surface area contributed by atoms with Crippen molar-refractivity contribution in [1.29, 1.82) is 0 Å². The maximum atomic E-state index is 13.7. The molecule has 0 fully saturated rings. The Morgan fingerprint density at radius 2 is 1.75 bits per heavy atom. The van der Waals surface area contributed by atoms with Gasteiger partial charge in [-0.3, -0.25) is 4.79 Å². The molecule has 5 aromatic rings. The van der Waals surface area contributed by atoms with E-state index >= 15 is 0 Å². The van der Waals surface area contributed by atoms with Crippen LogP contribution >= 0.6 is 0 Å². The molecule has 1 aliphatic rings. The minimum absolute atomic E-state index is 0.118. The summed E-state index contributed by atoms with van der Waals surface area (Å²) in [7, 11) is 0. The topological polar surface area (TPSA) is 79.7 Å². The van der Waals surface area contributed by atoms with Crippen molar-refractivity contribution in [3.05, 3.63) is 117 Å². The zero-order valence-corrected chi connectivity index (χ0v) is 20.6. The number of anilines is 1. The first kappa shape index (κ1) is 22.2. The van der Waals surface area contributed by atoms with Gasteiger partial charge in [0, 0.05) is 22.7 Å². The molecule has 2 atom stereocenters. The van der Waals surface area contributed by atoms with Gasteiger partial charge in [0.1, 0.15) is 6.04 Å². The predicted molar refractivity (Wildman–Crippen MR) is 141 cm³/mol. The Morgan fingerprint density at radius 3 is 2.58 bits per heavy atom. The maximum Gasteiger partial charge on any atom is 0.254 e. The van der Waals surface area contributed by atoms with Gasteiger partial charge in [-0.1, -0.05) is 60.7 Å². The molecule has 0 radical (unpaired) electrons. The van der Waals surface area contributed by atoms with Crippen molar-refractivity contribution >= 4 is 16.6 Å². The lowest BCUT2D eigenvalue weighted by Gasteiger charge is -2.33. The van der Waals surface area contributed by atoms with Crippen molar-refractivity contribution in [2.24, 2.45) is 0 Å². The number of hydrogen-bond donors (Lipinski definition) is 1. The van der Waals surface area contributed by atoms with Crippen molar-refractivity contribution in [1.82, 2.24) is 25.2 Å². The van der Waals surface area contributed by atoms with Gasteiger partial charge in [-0.25, -0.2) is 4.68 Å². The van der Waals surface area contributed by atoms with Crippen LogP contribution in [0.2, 0.25) is 0 Å². The van der Waals surface area contributed by atoms with Crippen LogP contribution in [0.1, 0.15) is 46.6 Å². The molecule has 0 bridgehead atoms. The molecule has 1 N–H and O–H groups in total. The summed E-state index contributed by atoms with van der Waals surface area (Å²) in [5, 5.41) is 14.0. The largest absolute Gasteiger partial charge is 0.354 e. The summed E-state index contributed by atoms with van der Waals surface area (Å²) in [6, 6.07) is 24.4. The quantitative estimate of drug-likeness (QED) is 0.397. The fourth-order valence-electron chi connectivity index (χ4n) is 5.47. The van der Waals surface area contributed by atoms with E-state index in [2.05, 4.69) is 75.7 Å². The van der Waals surface area contributed by atoms with E-state index in [1.807, 2.05) is 48.0 Å². The maximum absolute atomic E-state index is 13.7. The first-order valence-corrected chi connectivity index (χ1v) is 12.3. The number of H-pyrrole nitrogens is 1. The van der Waals surface area contributed by atoms with Crippen molar-refractivity contribution in [2.75, 3.05) is 4.90 Å². The summed E-state index contributed by atoms with van der Waals surface area (Å²) in [5.41, 5.74) is 7.04. The molecule has 6 rings (SSSR count). The van der Waals surface area contributed by atoms with Gasteiger partial charge < -0.3 is 9.88 Å². The highest BCUT2D eigenvalue weighted by molar-refractivity contribution is 5.85. The zero-order chi connectivity index (χ0) is 24.8. The molecule has 0 amide bonds. The van der Waals surface area contributed by atoms with E-state index in [1.54, 1.807) is 0 Å². The number of aromatic nitrogens is 5. The Balaban J connectivity index is 1.58. The summed E-state index contributed by atoms with van der Waals surface area (Å²) in [6.45, 7) is 6.82. The number of benzene rings is 3.